The maximum Gasteiger partial charge on any atom is 0.374 e. The Morgan fingerprint density at radius 1 is 1.02 bits per heavy atom. The number of nitrogens with one attached hydrogen (secondary N) is 2. The van der Waals surface area contributed by atoms with Gasteiger partial charge in [-0.25, -0.2) is 14.8 Å². The highest BCUT2D eigenvalue weighted by Crippen LogP contribution is 2.38. The van der Waals surface area contributed by atoms with Crippen LogP contribution in [0, 0.1) is 0 Å². The SMILES string of the molecule is CCOC(=O)c1nc(NC(=O)c2nc(NC(=O)CCCOc3cc4c(cc3OC)C(=O)N3CCC[C@H]3C=N4)cn2C)cn1C. The average Bonchev–Trinajstić information content (AvgIpc) is 3.70. The normalized spacial score (nSPS) is 15.3. The van der Waals surface area contributed by atoms with Gasteiger partial charge in [0.15, 0.2) is 23.1 Å². The van der Waals surface area contributed by atoms with Gasteiger partial charge in [0.25, 0.3) is 11.8 Å². The number of hydrogen-bond donors (Lipinski definition) is 2. The van der Waals surface area contributed by atoms with Crippen molar-refractivity contribution in [2.45, 2.75) is 38.6 Å². The molecular weight excluding hydrogens is 572 g/mol. The van der Waals surface area contributed by atoms with Crippen molar-refractivity contribution in [2.24, 2.45) is 19.1 Å². The zero-order valence-electron chi connectivity index (χ0n) is 25.0. The summed E-state index contributed by atoms with van der Waals surface area (Å²) in [5, 5.41) is 5.28. The van der Waals surface area contributed by atoms with Crippen molar-refractivity contribution < 1.29 is 33.4 Å². The second-order valence-corrected chi connectivity index (χ2v) is 10.3. The van der Waals surface area contributed by atoms with Crippen LogP contribution in [0.2, 0.25) is 0 Å². The Morgan fingerprint density at radius 3 is 2.50 bits per heavy atom. The Balaban J connectivity index is 1.13. The number of aliphatic imine (C=N–C) groups is 1. The third-order valence-corrected chi connectivity index (χ3v) is 7.19. The van der Waals surface area contributed by atoms with Crippen LogP contribution >= 0.6 is 0 Å². The number of imidazole rings is 2. The van der Waals surface area contributed by atoms with Crippen LogP contribution in [0.25, 0.3) is 0 Å². The molecule has 3 aromatic rings. The minimum Gasteiger partial charge on any atom is -0.493 e. The second-order valence-electron chi connectivity index (χ2n) is 10.3. The predicted octanol–water partition coefficient (Wildman–Crippen LogP) is 2.71. The number of fused-ring (bicyclic) bond motifs is 2. The Morgan fingerprint density at radius 2 is 1.75 bits per heavy atom. The van der Waals surface area contributed by atoms with Crippen LogP contribution in [0.5, 0.6) is 11.5 Å². The minimum absolute atomic E-state index is 0.000210. The molecule has 2 aliphatic rings. The van der Waals surface area contributed by atoms with Crippen molar-refractivity contribution in [1.29, 1.82) is 0 Å². The lowest BCUT2D eigenvalue weighted by molar-refractivity contribution is -0.116. The van der Waals surface area contributed by atoms with Crippen LogP contribution in [0.15, 0.2) is 29.5 Å². The molecule has 0 aliphatic carbocycles. The van der Waals surface area contributed by atoms with E-state index < -0.39 is 11.9 Å². The fourth-order valence-electron chi connectivity index (χ4n) is 5.06. The van der Waals surface area contributed by atoms with E-state index in [-0.39, 0.29) is 60.8 Å². The standard InChI is InChI=1S/C29H34N8O7/c1-5-43-29(41)26-33-23(16-36(26)3)34-27(39)25-32-22(15-35(25)2)31-24(38)9-7-11-44-21-13-19-18(12-20(21)42-4)28(40)37-10-6-8-17(37)14-30-19/h12-17H,5-11H2,1-4H3,(H,31,38)(H,34,39)/t17-/m0/s1. The highest BCUT2D eigenvalue weighted by atomic mass is 16.5. The number of anilines is 2. The number of ether oxygens (including phenoxy) is 3. The van der Waals surface area contributed by atoms with Crippen molar-refractivity contribution in [3.8, 4) is 11.5 Å². The van der Waals surface area contributed by atoms with Gasteiger partial charge in [0.2, 0.25) is 17.6 Å². The molecule has 0 bridgehead atoms. The number of rotatable bonds is 11. The van der Waals surface area contributed by atoms with E-state index in [9.17, 15) is 19.2 Å². The van der Waals surface area contributed by atoms with Gasteiger partial charge in [-0.2, -0.15) is 0 Å². The Labute approximate surface area is 253 Å². The Kier molecular flexibility index (Phi) is 8.92. The van der Waals surface area contributed by atoms with Crippen LogP contribution in [-0.4, -0.2) is 86.8 Å². The molecule has 1 atom stereocenters. The van der Waals surface area contributed by atoms with Gasteiger partial charge >= 0.3 is 5.97 Å². The fraction of sp³-hybridized carbons (Fsp3) is 0.414. The first-order chi connectivity index (χ1) is 21.2. The van der Waals surface area contributed by atoms with Gasteiger partial charge in [-0.05, 0) is 32.3 Å². The highest BCUT2D eigenvalue weighted by Gasteiger charge is 2.32. The van der Waals surface area contributed by atoms with Gasteiger partial charge in [-0.15, -0.1) is 0 Å². The molecule has 0 radical (unpaired) electrons. The van der Waals surface area contributed by atoms with Crippen LogP contribution in [0.1, 0.15) is 64.2 Å². The van der Waals surface area contributed by atoms with Gasteiger partial charge < -0.3 is 38.9 Å². The second kappa shape index (κ2) is 13.0. The zero-order chi connectivity index (χ0) is 31.4. The monoisotopic (exact) mass is 606 g/mol. The lowest BCUT2D eigenvalue weighted by atomic mass is 10.1. The molecule has 2 N–H and O–H groups in total. The number of nitrogens with zero attached hydrogens (tertiary/aromatic N) is 6. The van der Waals surface area contributed by atoms with Crippen molar-refractivity contribution in [3.63, 3.8) is 0 Å². The largest absolute Gasteiger partial charge is 0.493 e. The number of benzene rings is 1. The van der Waals surface area contributed by atoms with Crippen LogP contribution in [0.4, 0.5) is 17.3 Å². The van der Waals surface area contributed by atoms with E-state index in [0.717, 1.165) is 12.8 Å². The molecule has 0 spiro atoms. The van der Waals surface area contributed by atoms with Gasteiger partial charge in [-0.3, -0.25) is 19.4 Å². The molecule has 232 valence electrons. The van der Waals surface area contributed by atoms with E-state index in [1.807, 2.05) is 11.1 Å². The molecular formula is C29H34N8O7. The summed E-state index contributed by atoms with van der Waals surface area (Å²) in [6.07, 6.45) is 7.16. The van der Waals surface area contributed by atoms with Crippen molar-refractivity contribution in [2.75, 3.05) is 37.5 Å². The van der Waals surface area contributed by atoms with E-state index in [1.165, 1.54) is 28.6 Å². The minimum atomic E-state index is -0.606. The molecule has 44 heavy (non-hydrogen) atoms. The molecule has 4 heterocycles. The molecule has 3 amide bonds. The first kappa shape index (κ1) is 30.3. The van der Waals surface area contributed by atoms with Crippen LogP contribution < -0.4 is 20.1 Å². The summed E-state index contributed by atoms with van der Waals surface area (Å²) in [5.74, 6) is -0.290. The maximum atomic E-state index is 13.0. The number of methoxy groups -OCH3 is 1. The first-order valence-electron chi connectivity index (χ1n) is 14.2. The molecule has 1 aromatic carbocycles. The molecule has 0 unspecified atom stereocenters. The maximum absolute atomic E-state index is 13.0. The first-order valence-corrected chi connectivity index (χ1v) is 14.2. The molecule has 5 rings (SSSR count). The summed E-state index contributed by atoms with van der Waals surface area (Å²) in [6, 6.07) is 3.34. The number of esters is 1. The third-order valence-electron chi connectivity index (χ3n) is 7.19. The Bertz CT molecular complexity index is 1630. The highest BCUT2D eigenvalue weighted by molar-refractivity contribution is 6.04. The van der Waals surface area contributed by atoms with E-state index >= 15 is 0 Å². The van der Waals surface area contributed by atoms with Gasteiger partial charge in [0.1, 0.15) is 0 Å². The predicted molar refractivity (Wildman–Crippen MR) is 159 cm³/mol. The molecule has 1 fully saturated rings. The van der Waals surface area contributed by atoms with E-state index in [0.29, 0.717) is 35.7 Å². The quantitative estimate of drug-likeness (QED) is 0.246. The number of hydrogen-bond acceptors (Lipinski definition) is 10. The third kappa shape index (κ3) is 6.40. The van der Waals surface area contributed by atoms with Gasteiger partial charge in [0.05, 0.1) is 37.6 Å². The summed E-state index contributed by atoms with van der Waals surface area (Å²) >= 11 is 0. The van der Waals surface area contributed by atoms with Crippen LogP contribution in [0.3, 0.4) is 0 Å². The van der Waals surface area contributed by atoms with Crippen molar-refractivity contribution in [3.05, 3.63) is 41.7 Å². The average molecular weight is 607 g/mol. The smallest absolute Gasteiger partial charge is 0.374 e. The van der Waals surface area contributed by atoms with Gasteiger partial charge in [0, 0.05) is 51.7 Å². The molecule has 1 saturated heterocycles. The molecule has 2 aromatic heterocycles. The summed E-state index contributed by atoms with van der Waals surface area (Å²) in [4.78, 5) is 65.1. The van der Waals surface area contributed by atoms with E-state index in [4.69, 9.17) is 14.2 Å². The number of carbonyl (C=O) groups excluding carboxylic acids is 4. The number of amides is 3. The lowest BCUT2D eigenvalue weighted by Crippen LogP contribution is -2.35. The van der Waals surface area contributed by atoms with Crippen LogP contribution in [-0.2, 0) is 23.6 Å². The lowest BCUT2D eigenvalue weighted by Gasteiger charge is -2.20. The fourth-order valence-corrected chi connectivity index (χ4v) is 5.06. The topological polar surface area (TPSA) is 171 Å². The number of aromatic nitrogens is 4. The summed E-state index contributed by atoms with van der Waals surface area (Å²) in [7, 11) is 4.73. The Hall–Kier alpha value is -5.21. The van der Waals surface area contributed by atoms with Crippen molar-refractivity contribution in [1.82, 2.24) is 24.0 Å². The summed E-state index contributed by atoms with van der Waals surface area (Å²) in [6.45, 7) is 2.80. The molecule has 15 nitrogen and oxygen atoms in total. The van der Waals surface area contributed by atoms with Gasteiger partial charge in [-0.1, -0.05) is 0 Å². The summed E-state index contributed by atoms with van der Waals surface area (Å²) < 4.78 is 19.2. The molecule has 15 heteroatoms. The molecule has 0 saturated carbocycles. The van der Waals surface area contributed by atoms with Crippen molar-refractivity contribution >= 4 is 47.2 Å². The summed E-state index contributed by atoms with van der Waals surface area (Å²) in [5.41, 5.74) is 0.995. The van der Waals surface area contributed by atoms with E-state index in [2.05, 4.69) is 25.6 Å². The van der Waals surface area contributed by atoms with E-state index in [1.54, 1.807) is 33.2 Å². The number of carbonyl (C=O) groups is 4. The zero-order valence-corrected chi connectivity index (χ0v) is 25.0. The molecule has 2 aliphatic heterocycles. The number of aryl methyl sites for hydroxylation is 2.